The van der Waals surface area contributed by atoms with Crippen LogP contribution in [-0.4, -0.2) is 24.2 Å². The van der Waals surface area contributed by atoms with Gasteiger partial charge in [0.05, 0.1) is 5.41 Å². The number of carboxylic acids is 1. The van der Waals surface area contributed by atoms with Gasteiger partial charge in [-0.05, 0) is 50.5 Å². The van der Waals surface area contributed by atoms with Crippen LogP contribution in [0.3, 0.4) is 0 Å². The Morgan fingerprint density at radius 2 is 2.22 bits per heavy atom. The van der Waals surface area contributed by atoms with Gasteiger partial charge >= 0.3 is 5.97 Å². The molecule has 0 radical (unpaired) electrons. The van der Waals surface area contributed by atoms with E-state index >= 15 is 0 Å². The molecule has 0 aromatic heterocycles. The number of hydrogen-bond donors (Lipinski definition) is 1. The Hall–Kier alpha value is -1.22. The molecule has 3 nitrogen and oxygen atoms in total. The van der Waals surface area contributed by atoms with Crippen molar-refractivity contribution < 1.29 is 9.90 Å². The van der Waals surface area contributed by atoms with Gasteiger partial charge in [0.1, 0.15) is 0 Å². The predicted octanol–water partition coefficient (Wildman–Crippen LogP) is 3.20. The van der Waals surface area contributed by atoms with E-state index in [0.29, 0.717) is 6.42 Å². The molecule has 98 valence electrons. The average molecular weight is 268 g/mol. The molecule has 1 unspecified atom stereocenters. The van der Waals surface area contributed by atoms with Crippen molar-refractivity contribution >= 4 is 23.3 Å². The van der Waals surface area contributed by atoms with Crippen LogP contribution in [0, 0.1) is 5.41 Å². The molecule has 18 heavy (non-hydrogen) atoms. The number of carboxylic acid groups (broad SMARTS) is 1. The molecule has 1 aromatic rings. The van der Waals surface area contributed by atoms with Gasteiger partial charge in [0.25, 0.3) is 0 Å². The Morgan fingerprint density at radius 3 is 2.83 bits per heavy atom. The maximum atomic E-state index is 11.2. The van der Waals surface area contributed by atoms with Crippen LogP contribution in [0.15, 0.2) is 18.2 Å². The summed E-state index contributed by atoms with van der Waals surface area (Å²) in [6, 6.07) is 6.08. The molecule has 1 aliphatic heterocycles. The molecule has 1 N–H and O–H groups in total. The topological polar surface area (TPSA) is 40.5 Å². The minimum Gasteiger partial charge on any atom is -0.481 e. The Morgan fingerprint density at radius 1 is 1.56 bits per heavy atom. The summed E-state index contributed by atoms with van der Waals surface area (Å²) in [5.74, 6) is -0.745. The second-order valence-corrected chi connectivity index (χ2v) is 6.07. The quantitative estimate of drug-likeness (QED) is 0.914. The van der Waals surface area contributed by atoms with Crippen LogP contribution in [0.1, 0.15) is 25.8 Å². The number of carbonyl (C=O) groups is 1. The zero-order valence-electron chi connectivity index (χ0n) is 10.9. The summed E-state index contributed by atoms with van der Waals surface area (Å²) < 4.78 is 0. The minimum atomic E-state index is -0.745. The fraction of sp³-hybridized carbons (Fsp3) is 0.500. The number of likely N-dealkylation sites (N-methyl/N-ethyl adjacent to an activating group) is 1. The summed E-state index contributed by atoms with van der Waals surface area (Å²) in [5.41, 5.74) is 1.66. The van der Waals surface area contributed by atoms with Gasteiger partial charge in [0.2, 0.25) is 0 Å². The smallest absolute Gasteiger partial charge is 0.309 e. The van der Waals surface area contributed by atoms with Crippen molar-refractivity contribution in [1.82, 2.24) is 0 Å². The number of aliphatic carboxylic acids is 1. The monoisotopic (exact) mass is 267 g/mol. The second-order valence-electron chi connectivity index (χ2n) is 5.64. The van der Waals surface area contributed by atoms with E-state index in [2.05, 4.69) is 4.90 Å². The molecule has 4 heteroatoms. The van der Waals surface area contributed by atoms with E-state index in [1.807, 2.05) is 25.2 Å². The second kappa shape index (κ2) is 4.47. The maximum Gasteiger partial charge on any atom is 0.309 e. The van der Waals surface area contributed by atoms with E-state index in [9.17, 15) is 9.90 Å². The number of nitrogens with zero attached hydrogens (tertiary/aromatic N) is 1. The summed E-state index contributed by atoms with van der Waals surface area (Å²) in [6.45, 7) is 3.55. The predicted molar refractivity (Wildman–Crippen MR) is 73.4 cm³/mol. The lowest BCUT2D eigenvalue weighted by Gasteiger charge is -2.29. The molecule has 0 saturated carbocycles. The summed E-state index contributed by atoms with van der Waals surface area (Å²) in [6.07, 6.45) is 1.49. The highest BCUT2D eigenvalue weighted by Gasteiger charge is 2.35. The largest absolute Gasteiger partial charge is 0.481 e. The van der Waals surface area contributed by atoms with Crippen LogP contribution in [0.2, 0.25) is 5.02 Å². The summed E-state index contributed by atoms with van der Waals surface area (Å²) in [4.78, 5) is 13.4. The molecule has 1 atom stereocenters. The lowest BCUT2D eigenvalue weighted by atomic mass is 9.85. The molecule has 0 bridgehead atoms. The first-order chi connectivity index (χ1) is 8.31. The Bertz CT molecular complexity index is 485. The van der Waals surface area contributed by atoms with E-state index in [-0.39, 0.29) is 6.04 Å². The van der Waals surface area contributed by atoms with Crippen LogP contribution >= 0.6 is 11.6 Å². The van der Waals surface area contributed by atoms with Gasteiger partial charge in [-0.2, -0.15) is 0 Å². The normalized spacial score (nSPS) is 18.9. The maximum absolute atomic E-state index is 11.2. The van der Waals surface area contributed by atoms with Crippen molar-refractivity contribution in [3.05, 3.63) is 28.8 Å². The Labute approximate surface area is 112 Å². The fourth-order valence-electron chi connectivity index (χ4n) is 2.53. The highest BCUT2D eigenvalue weighted by Crippen LogP contribution is 2.37. The summed E-state index contributed by atoms with van der Waals surface area (Å²) in [7, 11) is 2.02. The molecule has 1 heterocycles. The van der Waals surface area contributed by atoms with E-state index in [0.717, 1.165) is 17.1 Å². The molecule has 0 saturated heterocycles. The SMILES string of the molecule is CN1c2ccc(Cl)cc2CC1CC(C)(C)C(=O)O. The first-order valence-electron chi connectivity index (χ1n) is 6.06. The molecule has 0 amide bonds. The standard InChI is InChI=1S/C14H18ClNO2/c1-14(2,13(17)18)8-11-7-9-6-10(15)4-5-12(9)16(11)3/h4-6,11H,7-8H2,1-3H3,(H,17,18). The molecule has 2 rings (SSSR count). The molecule has 0 fully saturated rings. The lowest BCUT2D eigenvalue weighted by molar-refractivity contribution is -0.147. The first-order valence-corrected chi connectivity index (χ1v) is 6.44. The van der Waals surface area contributed by atoms with Gasteiger partial charge in [-0.3, -0.25) is 4.79 Å². The Balaban J connectivity index is 2.19. The highest BCUT2D eigenvalue weighted by atomic mass is 35.5. The van der Waals surface area contributed by atoms with Gasteiger partial charge in [-0.1, -0.05) is 11.6 Å². The van der Waals surface area contributed by atoms with E-state index in [4.69, 9.17) is 11.6 Å². The van der Waals surface area contributed by atoms with Crippen molar-refractivity contribution in [1.29, 1.82) is 0 Å². The van der Waals surface area contributed by atoms with Crippen molar-refractivity contribution in [2.24, 2.45) is 5.41 Å². The number of hydrogen-bond acceptors (Lipinski definition) is 2. The van der Waals surface area contributed by atoms with Gasteiger partial charge in [-0.25, -0.2) is 0 Å². The zero-order valence-corrected chi connectivity index (χ0v) is 11.7. The van der Waals surface area contributed by atoms with Gasteiger partial charge < -0.3 is 10.0 Å². The third kappa shape index (κ3) is 2.32. The zero-order chi connectivity index (χ0) is 13.5. The molecule has 0 aliphatic carbocycles. The van der Waals surface area contributed by atoms with Crippen LogP contribution < -0.4 is 4.90 Å². The third-order valence-electron chi connectivity index (χ3n) is 3.75. The molecular formula is C14H18ClNO2. The molecule has 1 aromatic carbocycles. The first kappa shape index (κ1) is 13.2. The fourth-order valence-corrected chi connectivity index (χ4v) is 2.73. The lowest BCUT2D eigenvalue weighted by Crippen LogP contribution is -2.36. The van der Waals surface area contributed by atoms with Gasteiger partial charge in [0, 0.05) is 23.8 Å². The number of rotatable bonds is 3. The number of fused-ring (bicyclic) bond motifs is 1. The van der Waals surface area contributed by atoms with Crippen LogP contribution in [-0.2, 0) is 11.2 Å². The van der Waals surface area contributed by atoms with Gasteiger partial charge in [-0.15, -0.1) is 0 Å². The van der Waals surface area contributed by atoms with Crippen LogP contribution in [0.4, 0.5) is 5.69 Å². The van der Waals surface area contributed by atoms with E-state index < -0.39 is 11.4 Å². The average Bonchev–Trinajstić information content (AvgIpc) is 2.54. The number of anilines is 1. The van der Waals surface area contributed by atoms with Crippen molar-refractivity contribution in [3.63, 3.8) is 0 Å². The van der Waals surface area contributed by atoms with Crippen molar-refractivity contribution in [2.45, 2.75) is 32.7 Å². The summed E-state index contributed by atoms with van der Waals surface area (Å²) >= 11 is 5.99. The third-order valence-corrected chi connectivity index (χ3v) is 3.98. The van der Waals surface area contributed by atoms with Crippen molar-refractivity contribution in [2.75, 3.05) is 11.9 Å². The van der Waals surface area contributed by atoms with E-state index in [1.54, 1.807) is 13.8 Å². The van der Waals surface area contributed by atoms with Crippen LogP contribution in [0.5, 0.6) is 0 Å². The minimum absolute atomic E-state index is 0.226. The number of benzene rings is 1. The van der Waals surface area contributed by atoms with Gasteiger partial charge in [0.15, 0.2) is 0 Å². The summed E-state index contributed by atoms with van der Waals surface area (Å²) in [5, 5.41) is 9.95. The van der Waals surface area contributed by atoms with E-state index in [1.165, 1.54) is 5.56 Å². The number of halogens is 1. The van der Waals surface area contributed by atoms with Crippen LogP contribution in [0.25, 0.3) is 0 Å². The molecular weight excluding hydrogens is 250 g/mol. The molecule has 1 aliphatic rings. The Kier molecular flexibility index (Phi) is 3.28. The van der Waals surface area contributed by atoms with Crippen molar-refractivity contribution in [3.8, 4) is 0 Å². The molecule has 0 spiro atoms. The highest BCUT2D eigenvalue weighted by molar-refractivity contribution is 6.30.